The maximum Gasteiger partial charge on any atom is 0.222 e. The molecule has 0 aliphatic heterocycles. The molecule has 0 aliphatic carbocycles. The molecule has 22 heavy (non-hydrogen) atoms. The average Bonchev–Trinajstić information content (AvgIpc) is 2.50. The molecule has 0 aromatic carbocycles. The SMILES string of the molecule is CCCCCCCOCCOCCCCCNC(=O)C(C)C. The summed E-state index contributed by atoms with van der Waals surface area (Å²) in [5.41, 5.74) is 0. The van der Waals surface area contributed by atoms with Crippen molar-refractivity contribution in [2.24, 2.45) is 5.92 Å². The summed E-state index contributed by atoms with van der Waals surface area (Å²) in [7, 11) is 0. The summed E-state index contributed by atoms with van der Waals surface area (Å²) in [5, 5.41) is 2.93. The third kappa shape index (κ3) is 15.8. The molecule has 0 unspecified atom stereocenters. The van der Waals surface area contributed by atoms with E-state index in [4.69, 9.17) is 9.47 Å². The first-order chi connectivity index (χ1) is 10.7. The molecule has 0 saturated carbocycles. The Morgan fingerprint density at radius 3 is 1.91 bits per heavy atom. The second-order valence-electron chi connectivity index (χ2n) is 6.15. The molecule has 0 atom stereocenters. The molecule has 0 rings (SSSR count). The smallest absolute Gasteiger partial charge is 0.222 e. The van der Waals surface area contributed by atoms with Gasteiger partial charge in [0.15, 0.2) is 0 Å². The van der Waals surface area contributed by atoms with Crippen molar-refractivity contribution in [2.45, 2.75) is 72.1 Å². The number of carbonyl (C=O) groups excluding carboxylic acids is 1. The van der Waals surface area contributed by atoms with Gasteiger partial charge in [0, 0.05) is 25.7 Å². The van der Waals surface area contributed by atoms with Gasteiger partial charge in [-0.25, -0.2) is 0 Å². The summed E-state index contributed by atoms with van der Waals surface area (Å²) < 4.78 is 11.1. The van der Waals surface area contributed by atoms with E-state index >= 15 is 0 Å². The molecule has 0 bridgehead atoms. The van der Waals surface area contributed by atoms with E-state index in [9.17, 15) is 4.79 Å². The van der Waals surface area contributed by atoms with Crippen LogP contribution in [-0.2, 0) is 14.3 Å². The molecule has 1 amide bonds. The zero-order valence-electron chi connectivity index (χ0n) is 15.0. The fourth-order valence-corrected chi connectivity index (χ4v) is 2.05. The Morgan fingerprint density at radius 2 is 1.36 bits per heavy atom. The van der Waals surface area contributed by atoms with Gasteiger partial charge in [0.25, 0.3) is 0 Å². The minimum absolute atomic E-state index is 0.0787. The fraction of sp³-hybridized carbons (Fsp3) is 0.944. The minimum atomic E-state index is 0.0787. The van der Waals surface area contributed by atoms with Crippen molar-refractivity contribution >= 4 is 5.91 Å². The van der Waals surface area contributed by atoms with Crippen molar-refractivity contribution in [2.75, 3.05) is 33.0 Å². The second kappa shape index (κ2) is 16.8. The number of amides is 1. The van der Waals surface area contributed by atoms with Crippen molar-refractivity contribution in [3.05, 3.63) is 0 Å². The summed E-state index contributed by atoms with van der Waals surface area (Å²) in [6.45, 7) is 9.89. The van der Waals surface area contributed by atoms with E-state index in [-0.39, 0.29) is 11.8 Å². The zero-order chi connectivity index (χ0) is 16.5. The lowest BCUT2D eigenvalue weighted by atomic mass is 10.2. The zero-order valence-corrected chi connectivity index (χ0v) is 15.0. The van der Waals surface area contributed by atoms with Gasteiger partial charge in [0.1, 0.15) is 0 Å². The van der Waals surface area contributed by atoms with E-state index in [1.807, 2.05) is 13.8 Å². The van der Waals surface area contributed by atoms with Gasteiger partial charge in [-0.15, -0.1) is 0 Å². The number of hydrogen-bond acceptors (Lipinski definition) is 3. The fourth-order valence-electron chi connectivity index (χ4n) is 2.05. The van der Waals surface area contributed by atoms with Crippen LogP contribution in [0.5, 0.6) is 0 Å². The predicted molar refractivity (Wildman–Crippen MR) is 92.1 cm³/mol. The van der Waals surface area contributed by atoms with Crippen molar-refractivity contribution < 1.29 is 14.3 Å². The van der Waals surface area contributed by atoms with Gasteiger partial charge >= 0.3 is 0 Å². The molecule has 0 aromatic heterocycles. The summed E-state index contributed by atoms with van der Waals surface area (Å²) >= 11 is 0. The van der Waals surface area contributed by atoms with Gasteiger partial charge in [0.05, 0.1) is 13.2 Å². The first kappa shape index (κ1) is 21.4. The number of ether oxygens (including phenoxy) is 2. The van der Waals surface area contributed by atoms with Crippen LogP contribution < -0.4 is 5.32 Å². The molecule has 0 heterocycles. The number of hydrogen-bond donors (Lipinski definition) is 1. The average molecular weight is 315 g/mol. The predicted octanol–water partition coefficient (Wildman–Crippen LogP) is 3.93. The first-order valence-corrected chi connectivity index (χ1v) is 9.11. The highest BCUT2D eigenvalue weighted by Gasteiger charge is 2.04. The third-order valence-electron chi connectivity index (χ3n) is 3.55. The minimum Gasteiger partial charge on any atom is -0.379 e. The Hall–Kier alpha value is -0.610. The van der Waals surface area contributed by atoms with E-state index in [1.54, 1.807) is 0 Å². The van der Waals surface area contributed by atoms with Crippen LogP contribution in [0.2, 0.25) is 0 Å². The second-order valence-corrected chi connectivity index (χ2v) is 6.15. The van der Waals surface area contributed by atoms with E-state index in [1.165, 1.54) is 32.1 Å². The van der Waals surface area contributed by atoms with Crippen LogP contribution in [0.15, 0.2) is 0 Å². The standard InChI is InChI=1S/C18H37NO3/c1-4-5-6-7-10-13-21-15-16-22-14-11-8-9-12-19-18(20)17(2)3/h17H,4-16H2,1-3H3,(H,19,20). The number of carbonyl (C=O) groups is 1. The Kier molecular flexibility index (Phi) is 16.3. The van der Waals surface area contributed by atoms with Crippen LogP contribution in [0.4, 0.5) is 0 Å². The number of unbranched alkanes of at least 4 members (excludes halogenated alkanes) is 6. The third-order valence-corrected chi connectivity index (χ3v) is 3.55. The van der Waals surface area contributed by atoms with Gasteiger partial charge in [0.2, 0.25) is 5.91 Å². The maximum atomic E-state index is 11.3. The van der Waals surface area contributed by atoms with Gasteiger partial charge < -0.3 is 14.8 Å². The Morgan fingerprint density at radius 1 is 0.818 bits per heavy atom. The highest BCUT2D eigenvalue weighted by atomic mass is 16.5. The lowest BCUT2D eigenvalue weighted by molar-refractivity contribution is -0.123. The van der Waals surface area contributed by atoms with Crippen LogP contribution >= 0.6 is 0 Å². The topological polar surface area (TPSA) is 47.6 Å². The highest BCUT2D eigenvalue weighted by Crippen LogP contribution is 2.02. The van der Waals surface area contributed by atoms with Crippen LogP contribution in [0.3, 0.4) is 0 Å². The summed E-state index contributed by atoms with van der Waals surface area (Å²) in [6, 6.07) is 0. The van der Waals surface area contributed by atoms with Crippen molar-refractivity contribution in [1.82, 2.24) is 5.32 Å². The Labute approximate surface area is 137 Å². The van der Waals surface area contributed by atoms with E-state index < -0.39 is 0 Å². The molecular formula is C18H37NO3. The van der Waals surface area contributed by atoms with Gasteiger partial charge in [-0.1, -0.05) is 46.5 Å². The molecule has 0 saturated heterocycles. The molecule has 4 nitrogen and oxygen atoms in total. The van der Waals surface area contributed by atoms with Gasteiger partial charge in [-0.3, -0.25) is 4.79 Å². The summed E-state index contributed by atoms with van der Waals surface area (Å²) in [5.74, 6) is 0.220. The summed E-state index contributed by atoms with van der Waals surface area (Å²) in [6.07, 6.45) is 9.57. The summed E-state index contributed by atoms with van der Waals surface area (Å²) in [4.78, 5) is 11.3. The lowest BCUT2D eigenvalue weighted by Gasteiger charge is -2.08. The molecular weight excluding hydrogens is 278 g/mol. The van der Waals surface area contributed by atoms with Crippen LogP contribution in [0, 0.1) is 5.92 Å². The lowest BCUT2D eigenvalue weighted by Crippen LogP contribution is -2.28. The van der Waals surface area contributed by atoms with E-state index in [0.29, 0.717) is 13.2 Å². The highest BCUT2D eigenvalue weighted by molar-refractivity contribution is 5.77. The van der Waals surface area contributed by atoms with Crippen molar-refractivity contribution in [3.63, 3.8) is 0 Å². The van der Waals surface area contributed by atoms with Crippen molar-refractivity contribution in [3.8, 4) is 0 Å². The maximum absolute atomic E-state index is 11.3. The molecule has 0 radical (unpaired) electrons. The molecule has 4 heteroatoms. The number of nitrogens with one attached hydrogen (secondary N) is 1. The molecule has 0 spiro atoms. The van der Waals surface area contributed by atoms with E-state index in [0.717, 1.165) is 39.0 Å². The largest absolute Gasteiger partial charge is 0.379 e. The van der Waals surface area contributed by atoms with Crippen LogP contribution in [-0.4, -0.2) is 38.9 Å². The van der Waals surface area contributed by atoms with Gasteiger partial charge in [-0.2, -0.15) is 0 Å². The molecule has 132 valence electrons. The monoisotopic (exact) mass is 315 g/mol. The Bertz CT molecular complexity index is 244. The molecule has 1 N–H and O–H groups in total. The van der Waals surface area contributed by atoms with Gasteiger partial charge in [-0.05, 0) is 25.7 Å². The van der Waals surface area contributed by atoms with E-state index in [2.05, 4.69) is 12.2 Å². The normalized spacial score (nSPS) is 11.1. The van der Waals surface area contributed by atoms with Crippen LogP contribution in [0.1, 0.15) is 72.1 Å². The first-order valence-electron chi connectivity index (χ1n) is 9.11. The quantitative estimate of drug-likeness (QED) is 0.439. The molecule has 0 aliphatic rings. The number of rotatable bonds is 16. The van der Waals surface area contributed by atoms with Crippen molar-refractivity contribution in [1.29, 1.82) is 0 Å². The molecule has 0 fully saturated rings. The Balaban J connectivity index is 3.04. The molecule has 0 aromatic rings. The van der Waals surface area contributed by atoms with Crippen LogP contribution in [0.25, 0.3) is 0 Å².